The summed E-state index contributed by atoms with van der Waals surface area (Å²) in [5, 5.41) is 13.5. The zero-order chi connectivity index (χ0) is 22.1. The molecular formula is C22H26N2O6. The van der Waals surface area contributed by atoms with Gasteiger partial charge in [-0.1, -0.05) is 19.9 Å². The van der Waals surface area contributed by atoms with E-state index in [1.807, 2.05) is 6.07 Å². The van der Waals surface area contributed by atoms with Crippen LogP contribution in [-0.4, -0.2) is 31.7 Å². The number of nitro groups is 1. The summed E-state index contributed by atoms with van der Waals surface area (Å²) in [6.07, 6.45) is 3.87. The maximum absolute atomic E-state index is 12.3. The first kappa shape index (κ1) is 22.7. The Morgan fingerprint density at radius 2 is 1.80 bits per heavy atom. The van der Waals surface area contributed by atoms with E-state index >= 15 is 0 Å². The van der Waals surface area contributed by atoms with Crippen molar-refractivity contribution in [3.8, 4) is 17.2 Å². The second-order valence-electron chi connectivity index (χ2n) is 6.91. The molecule has 0 aliphatic rings. The van der Waals surface area contributed by atoms with Gasteiger partial charge in [0, 0.05) is 18.2 Å². The van der Waals surface area contributed by atoms with E-state index < -0.39 is 10.8 Å². The third-order valence-corrected chi connectivity index (χ3v) is 4.22. The van der Waals surface area contributed by atoms with Crippen molar-refractivity contribution in [3.63, 3.8) is 0 Å². The van der Waals surface area contributed by atoms with Gasteiger partial charge >= 0.3 is 0 Å². The summed E-state index contributed by atoms with van der Waals surface area (Å²) in [5.41, 5.74) is 0.810. The van der Waals surface area contributed by atoms with Crippen LogP contribution in [0.4, 0.5) is 11.4 Å². The lowest BCUT2D eigenvalue weighted by atomic mass is 10.1. The molecule has 2 aromatic rings. The number of anilines is 1. The first-order valence-corrected chi connectivity index (χ1v) is 9.46. The molecule has 0 heterocycles. The van der Waals surface area contributed by atoms with Crippen molar-refractivity contribution >= 4 is 23.4 Å². The van der Waals surface area contributed by atoms with Gasteiger partial charge in [-0.15, -0.1) is 0 Å². The zero-order valence-corrected chi connectivity index (χ0v) is 17.5. The van der Waals surface area contributed by atoms with Gasteiger partial charge in [0.25, 0.3) is 5.69 Å². The van der Waals surface area contributed by atoms with Crippen molar-refractivity contribution in [1.29, 1.82) is 0 Å². The Hall–Kier alpha value is -3.55. The van der Waals surface area contributed by atoms with Crippen LogP contribution in [0.2, 0.25) is 0 Å². The third-order valence-electron chi connectivity index (χ3n) is 4.22. The summed E-state index contributed by atoms with van der Waals surface area (Å²) in [7, 11) is 2.98. The predicted molar refractivity (Wildman–Crippen MR) is 115 cm³/mol. The topological polar surface area (TPSA) is 99.9 Å². The molecule has 0 aromatic heterocycles. The molecule has 2 rings (SSSR count). The molecule has 160 valence electrons. The second-order valence-corrected chi connectivity index (χ2v) is 6.91. The SMILES string of the molecule is COc1ccc([N+](=O)[O-])cc1NC(=O)C=Cc1ccc(OCCC(C)C)c(OC)c1. The number of hydrogen-bond acceptors (Lipinski definition) is 6. The van der Waals surface area contributed by atoms with Gasteiger partial charge in [-0.25, -0.2) is 0 Å². The molecule has 2 aromatic carbocycles. The van der Waals surface area contributed by atoms with Gasteiger partial charge in [-0.05, 0) is 42.2 Å². The van der Waals surface area contributed by atoms with Crippen molar-refractivity contribution in [2.24, 2.45) is 5.92 Å². The van der Waals surface area contributed by atoms with Crippen molar-refractivity contribution in [1.82, 2.24) is 0 Å². The van der Waals surface area contributed by atoms with Crippen molar-refractivity contribution in [2.45, 2.75) is 20.3 Å². The Bertz CT molecular complexity index is 924. The van der Waals surface area contributed by atoms with Gasteiger partial charge < -0.3 is 19.5 Å². The Morgan fingerprint density at radius 1 is 1.10 bits per heavy atom. The summed E-state index contributed by atoms with van der Waals surface area (Å²) in [4.78, 5) is 22.7. The fourth-order valence-corrected chi connectivity index (χ4v) is 2.57. The van der Waals surface area contributed by atoms with Crippen molar-refractivity contribution < 1.29 is 23.9 Å². The molecule has 0 atom stereocenters. The zero-order valence-electron chi connectivity index (χ0n) is 17.5. The van der Waals surface area contributed by atoms with E-state index in [0.717, 1.165) is 12.0 Å². The van der Waals surface area contributed by atoms with Gasteiger partial charge in [0.2, 0.25) is 5.91 Å². The van der Waals surface area contributed by atoms with Gasteiger partial charge in [0.1, 0.15) is 5.75 Å². The summed E-state index contributed by atoms with van der Waals surface area (Å²) in [6.45, 7) is 4.85. The highest BCUT2D eigenvalue weighted by atomic mass is 16.6. The minimum atomic E-state index is -0.540. The molecule has 0 bridgehead atoms. The maximum Gasteiger partial charge on any atom is 0.271 e. The number of amides is 1. The van der Waals surface area contributed by atoms with E-state index in [-0.39, 0.29) is 11.4 Å². The van der Waals surface area contributed by atoms with Gasteiger partial charge in [0.15, 0.2) is 11.5 Å². The van der Waals surface area contributed by atoms with Crippen LogP contribution in [0.5, 0.6) is 17.2 Å². The smallest absolute Gasteiger partial charge is 0.271 e. The monoisotopic (exact) mass is 414 g/mol. The Kier molecular flexibility index (Phi) is 8.22. The number of carbonyl (C=O) groups is 1. The molecule has 0 spiro atoms. The third kappa shape index (κ3) is 6.51. The molecule has 0 fully saturated rings. The van der Waals surface area contributed by atoms with Gasteiger partial charge in [-0.3, -0.25) is 14.9 Å². The number of nitrogens with zero attached hydrogens (tertiary/aromatic N) is 1. The number of carbonyl (C=O) groups excluding carboxylic acids is 1. The maximum atomic E-state index is 12.3. The molecule has 0 aliphatic heterocycles. The van der Waals surface area contributed by atoms with Gasteiger partial charge in [0.05, 0.1) is 31.4 Å². The van der Waals surface area contributed by atoms with Crippen molar-refractivity contribution in [3.05, 3.63) is 58.2 Å². The number of ether oxygens (including phenoxy) is 3. The second kappa shape index (κ2) is 10.8. The number of benzene rings is 2. The predicted octanol–water partition coefficient (Wildman–Crippen LogP) is 4.69. The minimum absolute atomic E-state index is 0.145. The number of nitrogens with one attached hydrogen (secondary N) is 1. The van der Waals surface area contributed by atoms with E-state index in [0.29, 0.717) is 29.8 Å². The van der Waals surface area contributed by atoms with E-state index in [1.54, 1.807) is 25.3 Å². The molecule has 30 heavy (non-hydrogen) atoms. The first-order chi connectivity index (χ1) is 14.3. The normalized spacial score (nSPS) is 10.8. The Labute approximate surface area is 175 Å². The molecule has 0 aliphatic carbocycles. The first-order valence-electron chi connectivity index (χ1n) is 9.46. The van der Waals surface area contributed by atoms with Crippen LogP contribution in [-0.2, 0) is 4.79 Å². The number of rotatable bonds is 10. The molecule has 0 radical (unpaired) electrons. The number of non-ortho nitro benzene ring substituents is 1. The summed E-state index contributed by atoms with van der Waals surface area (Å²) in [6, 6.07) is 9.35. The highest BCUT2D eigenvalue weighted by Gasteiger charge is 2.13. The lowest BCUT2D eigenvalue weighted by molar-refractivity contribution is -0.384. The van der Waals surface area contributed by atoms with Crippen LogP contribution in [0.15, 0.2) is 42.5 Å². The Balaban J connectivity index is 2.09. The van der Waals surface area contributed by atoms with Gasteiger partial charge in [-0.2, -0.15) is 0 Å². The van der Waals surface area contributed by atoms with Crippen LogP contribution < -0.4 is 19.5 Å². The summed E-state index contributed by atoms with van der Waals surface area (Å²) < 4.78 is 16.3. The van der Waals surface area contributed by atoms with Crippen molar-refractivity contribution in [2.75, 3.05) is 26.1 Å². The van der Waals surface area contributed by atoms with E-state index in [2.05, 4.69) is 19.2 Å². The number of methoxy groups -OCH3 is 2. The standard InChI is InChI=1S/C22H26N2O6/c1-15(2)11-12-30-20-8-5-16(13-21(20)29-4)6-10-22(25)23-18-14-17(24(26)27)7-9-19(18)28-3/h5-10,13-15H,11-12H2,1-4H3,(H,23,25). The molecular weight excluding hydrogens is 388 g/mol. The highest BCUT2D eigenvalue weighted by Crippen LogP contribution is 2.30. The van der Waals surface area contributed by atoms with E-state index in [1.165, 1.54) is 31.4 Å². The fourth-order valence-electron chi connectivity index (χ4n) is 2.57. The quantitative estimate of drug-likeness (QED) is 0.344. The molecule has 1 N–H and O–H groups in total. The number of nitro benzene ring substituents is 1. The van der Waals surface area contributed by atoms with Crippen LogP contribution in [0.25, 0.3) is 6.08 Å². The molecule has 8 heteroatoms. The molecule has 0 saturated carbocycles. The Morgan fingerprint density at radius 3 is 2.43 bits per heavy atom. The lowest BCUT2D eigenvalue weighted by Gasteiger charge is -2.12. The minimum Gasteiger partial charge on any atom is -0.495 e. The largest absolute Gasteiger partial charge is 0.495 e. The van der Waals surface area contributed by atoms with E-state index in [9.17, 15) is 14.9 Å². The summed E-state index contributed by atoms with van der Waals surface area (Å²) >= 11 is 0. The summed E-state index contributed by atoms with van der Waals surface area (Å²) in [5.74, 6) is 1.63. The number of hydrogen-bond donors (Lipinski definition) is 1. The average Bonchev–Trinajstić information content (AvgIpc) is 2.72. The van der Waals surface area contributed by atoms with Crippen LogP contribution in [0.3, 0.4) is 0 Å². The van der Waals surface area contributed by atoms with Crippen LogP contribution in [0, 0.1) is 16.0 Å². The molecule has 0 unspecified atom stereocenters. The lowest BCUT2D eigenvalue weighted by Crippen LogP contribution is -2.09. The fraction of sp³-hybridized carbons (Fsp3) is 0.318. The van der Waals surface area contributed by atoms with E-state index in [4.69, 9.17) is 14.2 Å². The van der Waals surface area contributed by atoms with Crippen LogP contribution >= 0.6 is 0 Å². The van der Waals surface area contributed by atoms with Crippen LogP contribution in [0.1, 0.15) is 25.8 Å². The molecule has 1 amide bonds. The average molecular weight is 414 g/mol. The molecule has 8 nitrogen and oxygen atoms in total. The molecule has 0 saturated heterocycles. The highest BCUT2D eigenvalue weighted by molar-refractivity contribution is 6.03.